The van der Waals surface area contributed by atoms with Crippen molar-refractivity contribution in [1.29, 1.82) is 0 Å². The van der Waals surface area contributed by atoms with Crippen molar-refractivity contribution in [2.24, 2.45) is 0 Å². The Kier molecular flexibility index (Phi) is 3.97. The molecule has 0 amide bonds. The molecule has 0 fully saturated rings. The standard InChI is InChI=1S/C12H15N5O2/c1-18-9-5-3-8(4-6-9)7-14-11-15-10(13)16-12(17-11)19-2/h3-6H,7H2,1-2H3,(H3,13,14,15,16,17). The summed E-state index contributed by atoms with van der Waals surface area (Å²) >= 11 is 0. The smallest absolute Gasteiger partial charge is 0.322 e. The van der Waals surface area contributed by atoms with Crippen LogP contribution in [0.5, 0.6) is 11.8 Å². The van der Waals surface area contributed by atoms with E-state index in [1.54, 1.807) is 7.11 Å². The molecule has 1 aromatic carbocycles. The summed E-state index contributed by atoms with van der Waals surface area (Å²) in [5, 5.41) is 3.05. The number of nitrogen functional groups attached to an aromatic ring is 1. The number of nitrogens with zero attached hydrogens (tertiary/aromatic N) is 3. The van der Waals surface area contributed by atoms with Crippen LogP contribution in [0.1, 0.15) is 5.56 Å². The zero-order valence-corrected chi connectivity index (χ0v) is 10.8. The summed E-state index contributed by atoms with van der Waals surface area (Å²) in [7, 11) is 3.11. The Balaban J connectivity index is 2.03. The molecule has 0 aliphatic heterocycles. The van der Waals surface area contributed by atoms with E-state index in [0.717, 1.165) is 11.3 Å². The van der Waals surface area contributed by atoms with Crippen LogP contribution in [0.15, 0.2) is 24.3 Å². The van der Waals surface area contributed by atoms with Crippen molar-refractivity contribution in [2.45, 2.75) is 6.54 Å². The van der Waals surface area contributed by atoms with E-state index in [1.807, 2.05) is 24.3 Å². The number of benzene rings is 1. The summed E-state index contributed by atoms with van der Waals surface area (Å²) in [5.74, 6) is 1.30. The second-order valence-corrected chi connectivity index (χ2v) is 3.71. The van der Waals surface area contributed by atoms with Gasteiger partial charge in [-0.1, -0.05) is 12.1 Å². The molecule has 0 bridgehead atoms. The molecule has 3 N–H and O–H groups in total. The number of methoxy groups -OCH3 is 2. The fourth-order valence-corrected chi connectivity index (χ4v) is 1.47. The number of hydrogen-bond acceptors (Lipinski definition) is 7. The monoisotopic (exact) mass is 261 g/mol. The van der Waals surface area contributed by atoms with Gasteiger partial charge in [-0.05, 0) is 17.7 Å². The fourth-order valence-electron chi connectivity index (χ4n) is 1.47. The van der Waals surface area contributed by atoms with Gasteiger partial charge in [0.1, 0.15) is 5.75 Å². The molecule has 0 unspecified atom stereocenters. The van der Waals surface area contributed by atoms with Gasteiger partial charge in [-0.25, -0.2) is 0 Å². The summed E-state index contributed by atoms with van der Waals surface area (Å²) in [6, 6.07) is 7.87. The molecule has 7 nitrogen and oxygen atoms in total. The number of anilines is 2. The second kappa shape index (κ2) is 5.85. The van der Waals surface area contributed by atoms with Crippen molar-refractivity contribution in [2.75, 3.05) is 25.3 Å². The molecule has 0 atom stereocenters. The molecule has 7 heteroatoms. The number of ether oxygens (including phenoxy) is 2. The Morgan fingerprint density at radius 1 is 1.05 bits per heavy atom. The average Bonchev–Trinajstić information content (AvgIpc) is 2.45. The highest BCUT2D eigenvalue weighted by Crippen LogP contribution is 2.13. The van der Waals surface area contributed by atoms with Crippen LogP contribution in [-0.4, -0.2) is 29.2 Å². The lowest BCUT2D eigenvalue weighted by molar-refractivity contribution is 0.379. The number of aromatic nitrogens is 3. The van der Waals surface area contributed by atoms with Crippen molar-refractivity contribution in [3.8, 4) is 11.8 Å². The van der Waals surface area contributed by atoms with E-state index in [-0.39, 0.29) is 12.0 Å². The summed E-state index contributed by atoms with van der Waals surface area (Å²) in [5.41, 5.74) is 6.61. The number of rotatable bonds is 5. The molecule has 0 aliphatic rings. The highest BCUT2D eigenvalue weighted by atomic mass is 16.5. The zero-order chi connectivity index (χ0) is 13.7. The predicted octanol–water partition coefficient (Wildman–Crippen LogP) is 1.08. The van der Waals surface area contributed by atoms with Crippen LogP contribution in [-0.2, 0) is 6.54 Å². The highest BCUT2D eigenvalue weighted by molar-refractivity contribution is 5.35. The molecule has 0 saturated carbocycles. The van der Waals surface area contributed by atoms with Crippen molar-refractivity contribution < 1.29 is 9.47 Å². The van der Waals surface area contributed by atoms with E-state index >= 15 is 0 Å². The van der Waals surface area contributed by atoms with E-state index in [4.69, 9.17) is 15.2 Å². The largest absolute Gasteiger partial charge is 0.497 e. The van der Waals surface area contributed by atoms with E-state index in [0.29, 0.717) is 12.5 Å². The first-order valence-electron chi connectivity index (χ1n) is 5.63. The Labute approximate surface area is 110 Å². The average molecular weight is 261 g/mol. The molecular weight excluding hydrogens is 246 g/mol. The molecule has 2 aromatic rings. The summed E-state index contributed by atoms with van der Waals surface area (Å²) in [4.78, 5) is 11.8. The topological polar surface area (TPSA) is 95.2 Å². The van der Waals surface area contributed by atoms with E-state index in [1.165, 1.54) is 7.11 Å². The third-order valence-corrected chi connectivity index (χ3v) is 2.42. The number of hydrogen-bond donors (Lipinski definition) is 2. The highest BCUT2D eigenvalue weighted by Gasteiger charge is 2.04. The zero-order valence-electron chi connectivity index (χ0n) is 10.8. The van der Waals surface area contributed by atoms with Gasteiger partial charge in [0.25, 0.3) is 0 Å². The first kappa shape index (κ1) is 12.9. The molecule has 100 valence electrons. The van der Waals surface area contributed by atoms with Gasteiger partial charge in [0.15, 0.2) is 0 Å². The lowest BCUT2D eigenvalue weighted by Gasteiger charge is -2.07. The van der Waals surface area contributed by atoms with E-state index < -0.39 is 0 Å². The minimum atomic E-state index is 0.115. The first-order valence-corrected chi connectivity index (χ1v) is 5.63. The lowest BCUT2D eigenvalue weighted by atomic mass is 10.2. The summed E-state index contributed by atoms with van der Waals surface area (Å²) in [6.07, 6.45) is 0. The normalized spacial score (nSPS) is 10.0. The molecular formula is C12H15N5O2. The Hall–Kier alpha value is -2.57. The van der Waals surface area contributed by atoms with Crippen LogP contribution in [0.2, 0.25) is 0 Å². The van der Waals surface area contributed by atoms with Crippen LogP contribution in [0.3, 0.4) is 0 Å². The summed E-state index contributed by atoms with van der Waals surface area (Å²) in [6.45, 7) is 0.566. The Morgan fingerprint density at radius 3 is 2.42 bits per heavy atom. The van der Waals surface area contributed by atoms with Crippen LogP contribution in [0, 0.1) is 0 Å². The third kappa shape index (κ3) is 3.44. The van der Waals surface area contributed by atoms with Crippen molar-refractivity contribution in [1.82, 2.24) is 15.0 Å². The minimum absolute atomic E-state index is 0.115. The van der Waals surface area contributed by atoms with Crippen LogP contribution >= 0.6 is 0 Å². The van der Waals surface area contributed by atoms with Gasteiger partial charge in [0.05, 0.1) is 14.2 Å². The Morgan fingerprint density at radius 2 is 1.79 bits per heavy atom. The van der Waals surface area contributed by atoms with Gasteiger partial charge in [-0.2, -0.15) is 15.0 Å². The van der Waals surface area contributed by atoms with Crippen LogP contribution < -0.4 is 20.5 Å². The predicted molar refractivity (Wildman–Crippen MR) is 71.1 cm³/mol. The van der Waals surface area contributed by atoms with Gasteiger partial charge in [0.2, 0.25) is 11.9 Å². The van der Waals surface area contributed by atoms with E-state index in [9.17, 15) is 0 Å². The second-order valence-electron chi connectivity index (χ2n) is 3.71. The van der Waals surface area contributed by atoms with Gasteiger partial charge in [-0.3, -0.25) is 0 Å². The van der Waals surface area contributed by atoms with Crippen molar-refractivity contribution in [3.05, 3.63) is 29.8 Å². The van der Waals surface area contributed by atoms with Gasteiger partial charge in [-0.15, -0.1) is 0 Å². The molecule has 1 aromatic heterocycles. The maximum absolute atomic E-state index is 5.54. The fraction of sp³-hybridized carbons (Fsp3) is 0.250. The molecule has 2 rings (SSSR count). The molecule has 0 saturated heterocycles. The van der Waals surface area contributed by atoms with Crippen molar-refractivity contribution >= 4 is 11.9 Å². The van der Waals surface area contributed by atoms with Crippen LogP contribution in [0.25, 0.3) is 0 Å². The van der Waals surface area contributed by atoms with Gasteiger partial charge >= 0.3 is 6.01 Å². The Bertz CT molecular complexity index is 544. The lowest BCUT2D eigenvalue weighted by Crippen LogP contribution is -2.08. The summed E-state index contributed by atoms with van der Waals surface area (Å²) < 4.78 is 10.0. The molecule has 0 spiro atoms. The van der Waals surface area contributed by atoms with Crippen molar-refractivity contribution in [3.63, 3.8) is 0 Å². The molecule has 0 aliphatic carbocycles. The molecule has 19 heavy (non-hydrogen) atoms. The quantitative estimate of drug-likeness (QED) is 0.831. The molecule has 1 heterocycles. The van der Waals surface area contributed by atoms with E-state index in [2.05, 4.69) is 20.3 Å². The van der Waals surface area contributed by atoms with Gasteiger partial charge < -0.3 is 20.5 Å². The first-order chi connectivity index (χ1) is 9.21. The minimum Gasteiger partial charge on any atom is -0.497 e. The third-order valence-electron chi connectivity index (χ3n) is 2.42. The van der Waals surface area contributed by atoms with Crippen LogP contribution in [0.4, 0.5) is 11.9 Å². The maximum atomic E-state index is 5.54. The number of nitrogens with one attached hydrogen (secondary N) is 1. The van der Waals surface area contributed by atoms with Gasteiger partial charge in [0, 0.05) is 6.54 Å². The SMILES string of the molecule is COc1ccc(CNc2nc(N)nc(OC)n2)cc1. The number of nitrogens with two attached hydrogens (primary N) is 1. The maximum Gasteiger partial charge on any atom is 0.322 e. The molecule has 0 radical (unpaired) electrons.